The molecule has 0 saturated carbocycles. The zero-order chi connectivity index (χ0) is 19.3. The number of anilines is 1. The van der Waals surface area contributed by atoms with Crippen molar-refractivity contribution < 1.29 is 4.79 Å². The Balaban J connectivity index is 2.02. The van der Waals surface area contributed by atoms with E-state index in [-0.39, 0.29) is 23.9 Å². The maximum atomic E-state index is 12.2. The van der Waals surface area contributed by atoms with Crippen molar-refractivity contribution in [2.24, 2.45) is 5.92 Å². The smallest absolute Gasteiger partial charge is 0.238 e. The fraction of sp³-hybridized carbons (Fsp3) is 0.429. The van der Waals surface area contributed by atoms with Crippen molar-refractivity contribution in [3.63, 3.8) is 0 Å². The molecule has 1 aromatic carbocycles. The highest BCUT2D eigenvalue weighted by Gasteiger charge is 2.19. The monoisotopic (exact) mass is 369 g/mol. The van der Waals surface area contributed by atoms with Crippen LogP contribution in [-0.2, 0) is 10.2 Å². The number of nitrogens with zero attached hydrogens (tertiary/aromatic N) is 1. The fourth-order valence-electron chi connectivity index (χ4n) is 2.80. The molecule has 0 fully saturated rings. The third-order valence-corrected chi connectivity index (χ3v) is 5.15. The maximum absolute atomic E-state index is 12.2. The van der Waals surface area contributed by atoms with Gasteiger partial charge in [0.1, 0.15) is 11.1 Å². The quantitative estimate of drug-likeness (QED) is 0.765. The number of amides is 1. The summed E-state index contributed by atoms with van der Waals surface area (Å²) >= 11 is 1.36. The van der Waals surface area contributed by atoms with Gasteiger partial charge in [0, 0.05) is 6.04 Å². The molecule has 1 heterocycles. The first-order valence-electron chi connectivity index (χ1n) is 8.83. The van der Waals surface area contributed by atoms with Gasteiger partial charge < -0.3 is 10.6 Å². The van der Waals surface area contributed by atoms with Crippen LogP contribution in [0.2, 0.25) is 0 Å². The molecular weight excluding hydrogens is 342 g/mol. The molecule has 0 bridgehead atoms. The zero-order valence-corrected chi connectivity index (χ0v) is 16.9. The molecule has 0 aliphatic rings. The molecule has 138 valence electrons. The van der Waals surface area contributed by atoms with E-state index in [9.17, 15) is 4.79 Å². The van der Waals surface area contributed by atoms with Crippen LogP contribution in [0, 0.1) is 17.2 Å². The van der Waals surface area contributed by atoms with Gasteiger partial charge in [-0.3, -0.25) is 4.79 Å². The van der Waals surface area contributed by atoms with Crippen molar-refractivity contribution in [1.29, 1.82) is 5.26 Å². The van der Waals surface area contributed by atoms with E-state index in [4.69, 9.17) is 5.26 Å². The van der Waals surface area contributed by atoms with Gasteiger partial charge in [-0.05, 0) is 33.9 Å². The minimum Gasteiger partial charge on any atom is -0.315 e. The van der Waals surface area contributed by atoms with Crippen LogP contribution in [0.1, 0.15) is 57.4 Å². The first-order valence-corrected chi connectivity index (χ1v) is 9.71. The van der Waals surface area contributed by atoms with Crippen LogP contribution in [0.15, 0.2) is 35.7 Å². The summed E-state index contributed by atoms with van der Waals surface area (Å²) in [6, 6.07) is 12.5. The Morgan fingerprint density at radius 1 is 1.19 bits per heavy atom. The second-order valence-electron chi connectivity index (χ2n) is 7.80. The van der Waals surface area contributed by atoms with E-state index in [0.717, 1.165) is 0 Å². The molecule has 26 heavy (non-hydrogen) atoms. The van der Waals surface area contributed by atoms with Crippen LogP contribution in [0.5, 0.6) is 0 Å². The summed E-state index contributed by atoms with van der Waals surface area (Å²) in [4.78, 5) is 12.2. The van der Waals surface area contributed by atoms with E-state index in [1.54, 1.807) is 11.4 Å². The number of thiophene rings is 1. The molecule has 0 spiro atoms. The van der Waals surface area contributed by atoms with Crippen LogP contribution < -0.4 is 10.6 Å². The molecule has 2 rings (SSSR count). The van der Waals surface area contributed by atoms with Gasteiger partial charge in [-0.25, -0.2) is 0 Å². The van der Waals surface area contributed by atoms with Crippen molar-refractivity contribution in [3.05, 3.63) is 52.4 Å². The average Bonchev–Trinajstić information content (AvgIpc) is 3.01. The topological polar surface area (TPSA) is 64.9 Å². The number of carbonyl (C=O) groups is 1. The number of carbonyl (C=O) groups excluding carboxylic acids is 1. The van der Waals surface area contributed by atoms with Crippen LogP contribution >= 0.6 is 11.3 Å². The van der Waals surface area contributed by atoms with E-state index >= 15 is 0 Å². The minimum absolute atomic E-state index is 0.0912. The second kappa shape index (κ2) is 8.48. The number of benzene rings is 1. The van der Waals surface area contributed by atoms with Gasteiger partial charge in [0.25, 0.3) is 0 Å². The lowest BCUT2D eigenvalue weighted by Gasteiger charge is -2.25. The highest BCUT2D eigenvalue weighted by atomic mass is 32.1. The molecular formula is C21H27N3OS. The standard InChI is InChI=1S/C21H27N3OS/c1-14(2)19(15-6-8-17(9-7-15)21(3,4)5)23-13-18(25)24-20-16(12-22)10-11-26-20/h6-11,14,19,23H,13H2,1-5H3,(H,24,25)/t19-/m0/s1. The van der Waals surface area contributed by atoms with E-state index < -0.39 is 0 Å². The van der Waals surface area contributed by atoms with E-state index in [0.29, 0.717) is 16.5 Å². The average molecular weight is 370 g/mol. The highest BCUT2D eigenvalue weighted by Crippen LogP contribution is 2.27. The predicted molar refractivity (Wildman–Crippen MR) is 108 cm³/mol. The molecule has 0 radical (unpaired) electrons. The minimum atomic E-state index is -0.138. The van der Waals surface area contributed by atoms with Crippen molar-refractivity contribution in [3.8, 4) is 6.07 Å². The first-order chi connectivity index (χ1) is 12.2. The molecule has 4 nitrogen and oxygen atoms in total. The maximum Gasteiger partial charge on any atom is 0.238 e. The summed E-state index contributed by atoms with van der Waals surface area (Å²) in [7, 11) is 0. The lowest BCUT2D eigenvalue weighted by molar-refractivity contribution is -0.115. The van der Waals surface area contributed by atoms with E-state index in [1.165, 1.54) is 22.5 Å². The Labute approximate surface area is 160 Å². The molecule has 0 aliphatic carbocycles. The Bertz CT molecular complexity index is 779. The third-order valence-electron chi connectivity index (χ3n) is 4.32. The summed E-state index contributed by atoms with van der Waals surface area (Å²) in [6.07, 6.45) is 0. The number of nitrogens with one attached hydrogen (secondary N) is 2. The van der Waals surface area contributed by atoms with Crippen LogP contribution in [0.25, 0.3) is 0 Å². The molecule has 0 aliphatic heterocycles. The van der Waals surface area contributed by atoms with Crippen molar-refractivity contribution >= 4 is 22.2 Å². The molecule has 0 saturated heterocycles. The van der Waals surface area contributed by atoms with Crippen LogP contribution in [-0.4, -0.2) is 12.5 Å². The molecule has 2 aromatic rings. The van der Waals surface area contributed by atoms with Gasteiger partial charge in [-0.1, -0.05) is 58.9 Å². The molecule has 5 heteroatoms. The SMILES string of the molecule is CC(C)[C@H](NCC(=O)Nc1sccc1C#N)c1ccc(C(C)(C)C)cc1. The van der Waals surface area contributed by atoms with Crippen molar-refractivity contribution in [1.82, 2.24) is 5.32 Å². The van der Waals surface area contributed by atoms with Gasteiger partial charge in [0.15, 0.2) is 0 Å². The van der Waals surface area contributed by atoms with E-state index in [2.05, 4.69) is 75.6 Å². The molecule has 1 amide bonds. The summed E-state index contributed by atoms with van der Waals surface area (Å²) in [5.74, 6) is 0.209. The third kappa shape index (κ3) is 5.17. The van der Waals surface area contributed by atoms with E-state index in [1.807, 2.05) is 0 Å². The summed E-state index contributed by atoms with van der Waals surface area (Å²) in [5, 5.41) is 17.6. The zero-order valence-electron chi connectivity index (χ0n) is 16.1. The normalized spacial score (nSPS) is 12.7. The van der Waals surface area contributed by atoms with Gasteiger partial charge in [0.2, 0.25) is 5.91 Å². The summed E-state index contributed by atoms with van der Waals surface area (Å²) in [6.45, 7) is 11.1. The largest absolute Gasteiger partial charge is 0.315 e. The number of hydrogen-bond acceptors (Lipinski definition) is 4. The molecule has 1 aromatic heterocycles. The number of nitriles is 1. The Morgan fingerprint density at radius 3 is 2.38 bits per heavy atom. The predicted octanol–water partition coefficient (Wildman–Crippen LogP) is 4.84. The van der Waals surface area contributed by atoms with Crippen molar-refractivity contribution in [2.75, 3.05) is 11.9 Å². The molecule has 1 atom stereocenters. The van der Waals surface area contributed by atoms with Crippen LogP contribution in [0.4, 0.5) is 5.00 Å². The van der Waals surface area contributed by atoms with Crippen LogP contribution in [0.3, 0.4) is 0 Å². The Kier molecular flexibility index (Phi) is 6.57. The summed E-state index contributed by atoms with van der Waals surface area (Å²) in [5.41, 5.74) is 3.10. The number of rotatable bonds is 6. The van der Waals surface area contributed by atoms with Gasteiger partial charge in [0.05, 0.1) is 12.1 Å². The fourth-order valence-corrected chi connectivity index (χ4v) is 3.55. The molecule has 0 unspecified atom stereocenters. The Hall–Kier alpha value is -2.16. The highest BCUT2D eigenvalue weighted by molar-refractivity contribution is 7.14. The Morgan fingerprint density at radius 2 is 1.85 bits per heavy atom. The lowest BCUT2D eigenvalue weighted by Crippen LogP contribution is -2.33. The van der Waals surface area contributed by atoms with Gasteiger partial charge >= 0.3 is 0 Å². The number of hydrogen-bond donors (Lipinski definition) is 2. The van der Waals surface area contributed by atoms with Gasteiger partial charge in [-0.15, -0.1) is 11.3 Å². The summed E-state index contributed by atoms with van der Waals surface area (Å²) < 4.78 is 0. The second-order valence-corrected chi connectivity index (χ2v) is 8.71. The lowest BCUT2D eigenvalue weighted by atomic mass is 9.85. The molecule has 2 N–H and O–H groups in total. The van der Waals surface area contributed by atoms with Gasteiger partial charge in [-0.2, -0.15) is 5.26 Å². The van der Waals surface area contributed by atoms with Crippen molar-refractivity contribution in [2.45, 2.75) is 46.1 Å². The first kappa shape index (κ1) is 20.2.